The van der Waals surface area contributed by atoms with E-state index in [0.717, 1.165) is 37.0 Å². The molecule has 114 valence electrons. The van der Waals surface area contributed by atoms with Gasteiger partial charge in [0.05, 0.1) is 13.7 Å². The van der Waals surface area contributed by atoms with Gasteiger partial charge in [0.15, 0.2) is 0 Å². The number of carbonyl (C=O) groups excluding carboxylic acids is 1. The Labute approximate surface area is 127 Å². The zero-order valence-corrected chi connectivity index (χ0v) is 13.1. The van der Waals surface area contributed by atoms with Gasteiger partial charge in [0.25, 0.3) is 0 Å². The standard InChI is InChI=1S/C18H24O3/c1-4-13(18(19)21-5-2)7-6-8-14-11-15-12-16(20-3)9-10-17(14)15/h7,9-10,12,14H,4-6,8,11H2,1-3H3/b13-7+. The first-order valence-electron chi connectivity index (χ1n) is 7.72. The molecule has 21 heavy (non-hydrogen) atoms. The molecule has 0 heterocycles. The second kappa shape index (κ2) is 7.30. The molecule has 0 radical (unpaired) electrons. The zero-order valence-electron chi connectivity index (χ0n) is 13.1. The third-order valence-corrected chi connectivity index (χ3v) is 4.08. The van der Waals surface area contributed by atoms with Crippen molar-refractivity contribution < 1.29 is 14.3 Å². The van der Waals surface area contributed by atoms with Crippen molar-refractivity contribution >= 4 is 5.97 Å². The highest BCUT2D eigenvalue weighted by Gasteiger charge is 2.25. The van der Waals surface area contributed by atoms with Gasteiger partial charge in [0.1, 0.15) is 5.75 Å². The third kappa shape index (κ3) is 3.66. The summed E-state index contributed by atoms with van der Waals surface area (Å²) < 4.78 is 10.3. The van der Waals surface area contributed by atoms with Crippen LogP contribution in [0.1, 0.15) is 50.2 Å². The molecule has 0 bridgehead atoms. The largest absolute Gasteiger partial charge is 0.497 e. The molecule has 3 heteroatoms. The van der Waals surface area contributed by atoms with Crippen molar-refractivity contribution in [3.63, 3.8) is 0 Å². The van der Waals surface area contributed by atoms with Gasteiger partial charge >= 0.3 is 5.97 Å². The number of fused-ring (bicyclic) bond motifs is 1. The molecule has 1 aliphatic rings. The molecule has 0 aliphatic heterocycles. The first kappa shape index (κ1) is 15.6. The van der Waals surface area contributed by atoms with E-state index >= 15 is 0 Å². The maximum Gasteiger partial charge on any atom is 0.333 e. The summed E-state index contributed by atoms with van der Waals surface area (Å²) >= 11 is 0. The van der Waals surface area contributed by atoms with Crippen molar-refractivity contribution in [2.75, 3.05) is 13.7 Å². The van der Waals surface area contributed by atoms with E-state index in [1.165, 1.54) is 11.1 Å². The molecule has 0 saturated heterocycles. The number of esters is 1. The van der Waals surface area contributed by atoms with Gasteiger partial charge < -0.3 is 9.47 Å². The lowest BCUT2D eigenvalue weighted by molar-refractivity contribution is -0.138. The van der Waals surface area contributed by atoms with Crippen LogP contribution in [0, 0.1) is 0 Å². The molecule has 1 atom stereocenters. The van der Waals surface area contributed by atoms with Crippen LogP contribution in [0.4, 0.5) is 0 Å². The first-order valence-corrected chi connectivity index (χ1v) is 7.72. The Morgan fingerprint density at radius 3 is 2.81 bits per heavy atom. The minimum absolute atomic E-state index is 0.168. The van der Waals surface area contributed by atoms with E-state index in [1.54, 1.807) is 7.11 Å². The predicted octanol–water partition coefficient (Wildman–Crippen LogP) is 4.01. The molecule has 0 amide bonds. The van der Waals surface area contributed by atoms with E-state index < -0.39 is 0 Å². The fourth-order valence-electron chi connectivity index (χ4n) is 2.84. The van der Waals surface area contributed by atoms with Gasteiger partial charge in [-0.05, 0) is 61.8 Å². The van der Waals surface area contributed by atoms with E-state index in [4.69, 9.17) is 9.47 Å². The molecule has 1 aromatic rings. The summed E-state index contributed by atoms with van der Waals surface area (Å²) in [5.74, 6) is 1.38. The highest BCUT2D eigenvalue weighted by molar-refractivity contribution is 5.88. The van der Waals surface area contributed by atoms with Gasteiger partial charge in [-0.3, -0.25) is 0 Å². The van der Waals surface area contributed by atoms with E-state index in [-0.39, 0.29) is 5.97 Å². The van der Waals surface area contributed by atoms with Crippen LogP contribution in [0.3, 0.4) is 0 Å². The summed E-state index contributed by atoms with van der Waals surface area (Å²) in [5, 5.41) is 0. The molecule has 0 fully saturated rings. The topological polar surface area (TPSA) is 35.5 Å². The Kier molecular flexibility index (Phi) is 5.43. The molecule has 0 aromatic heterocycles. The number of rotatable bonds is 7. The summed E-state index contributed by atoms with van der Waals surface area (Å²) in [7, 11) is 1.70. The van der Waals surface area contributed by atoms with Crippen molar-refractivity contribution in [3.8, 4) is 5.75 Å². The Morgan fingerprint density at radius 2 is 2.19 bits per heavy atom. The second-order valence-electron chi connectivity index (χ2n) is 5.35. The molecule has 1 unspecified atom stereocenters. The molecule has 0 N–H and O–H groups in total. The quantitative estimate of drug-likeness (QED) is 0.561. The van der Waals surface area contributed by atoms with Gasteiger partial charge in [-0.1, -0.05) is 19.1 Å². The number of carbonyl (C=O) groups is 1. The summed E-state index contributed by atoms with van der Waals surface area (Å²) in [5.41, 5.74) is 3.62. The van der Waals surface area contributed by atoms with Gasteiger partial charge in [-0.15, -0.1) is 0 Å². The average molecular weight is 288 g/mol. The second-order valence-corrected chi connectivity index (χ2v) is 5.35. The van der Waals surface area contributed by atoms with Crippen molar-refractivity contribution in [3.05, 3.63) is 41.0 Å². The number of methoxy groups -OCH3 is 1. The van der Waals surface area contributed by atoms with Gasteiger partial charge in [-0.2, -0.15) is 0 Å². The van der Waals surface area contributed by atoms with E-state index in [9.17, 15) is 4.79 Å². The highest BCUT2D eigenvalue weighted by atomic mass is 16.5. The summed E-state index contributed by atoms with van der Waals surface area (Å²) in [6.07, 6.45) is 5.90. The molecule has 1 aliphatic carbocycles. The maximum absolute atomic E-state index is 11.7. The smallest absolute Gasteiger partial charge is 0.333 e. The van der Waals surface area contributed by atoms with E-state index in [1.807, 2.05) is 26.0 Å². The summed E-state index contributed by atoms with van der Waals surface area (Å²) in [6, 6.07) is 6.31. The number of hydrogen-bond acceptors (Lipinski definition) is 3. The molecule has 0 spiro atoms. The van der Waals surface area contributed by atoms with Crippen molar-refractivity contribution in [1.29, 1.82) is 0 Å². The third-order valence-electron chi connectivity index (χ3n) is 4.08. The highest BCUT2D eigenvalue weighted by Crippen LogP contribution is 2.40. The van der Waals surface area contributed by atoms with Gasteiger partial charge in [0, 0.05) is 5.57 Å². The van der Waals surface area contributed by atoms with Crippen molar-refractivity contribution in [1.82, 2.24) is 0 Å². The zero-order chi connectivity index (χ0) is 15.2. The van der Waals surface area contributed by atoms with Crippen LogP contribution in [-0.4, -0.2) is 19.7 Å². The minimum Gasteiger partial charge on any atom is -0.497 e. The number of ether oxygens (including phenoxy) is 2. The van der Waals surface area contributed by atoms with E-state index in [2.05, 4.69) is 12.1 Å². The van der Waals surface area contributed by atoms with Crippen LogP contribution in [0.25, 0.3) is 0 Å². The summed E-state index contributed by atoms with van der Waals surface area (Å²) in [4.78, 5) is 11.7. The molecule has 1 aromatic carbocycles. The Morgan fingerprint density at radius 1 is 1.38 bits per heavy atom. The van der Waals surface area contributed by atoms with E-state index in [0.29, 0.717) is 12.5 Å². The Balaban J connectivity index is 1.88. The van der Waals surface area contributed by atoms with Crippen LogP contribution in [0.15, 0.2) is 29.8 Å². The normalized spacial score (nSPS) is 16.9. The van der Waals surface area contributed by atoms with Crippen LogP contribution in [-0.2, 0) is 16.0 Å². The minimum atomic E-state index is -0.168. The number of hydrogen-bond donors (Lipinski definition) is 0. The first-order chi connectivity index (χ1) is 10.2. The average Bonchev–Trinajstić information content (AvgIpc) is 2.47. The lowest BCUT2D eigenvalue weighted by atomic mass is 9.75. The van der Waals surface area contributed by atoms with Gasteiger partial charge in [-0.25, -0.2) is 4.79 Å². The summed E-state index contributed by atoms with van der Waals surface area (Å²) in [6.45, 7) is 4.27. The van der Waals surface area contributed by atoms with Crippen molar-refractivity contribution in [2.45, 2.75) is 45.4 Å². The fourth-order valence-corrected chi connectivity index (χ4v) is 2.84. The molecule has 0 saturated carbocycles. The van der Waals surface area contributed by atoms with Crippen molar-refractivity contribution in [2.24, 2.45) is 0 Å². The molecular formula is C18H24O3. The Bertz CT molecular complexity index is 531. The lowest BCUT2D eigenvalue weighted by Crippen LogP contribution is -2.17. The van der Waals surface area contributed by atoms with Crippen LogP contribution in [0.2, 0.25) is 0 Å². The fraction of sp³-hybridized carbons (Fsp3) is 0.500. The molecule has 3 nitrogen and oxygen atoms in total. The van der Waals surface area contributed by atoms with Gasteiger partial charge in [0.2, 0.25) is 0 Å². The predicted molar refractivity (Wildman–Crippen MR) is 83.7 cm³/mol. The molecular weight excluding hydrogens is 264 g/mol. The van der Waals surface area contributed by atoms with Crippen LogP contribution >= 0.6 is 0 Å². The maximum atomic E-state index is 11.7. The lowest BCUT2D eigenvalue weighted by Gasteiger charge is -2.30. The number of allylic oxidation sites excluding steroid dienone is 1. The SMILES string of the molecule is CCOC(=O)/C(=C/CCC1Cc2cc(OC)ccc21)CC. The van der Waals surface area contributed by atoms with Crippen LogP contribution in [0.5, 0.6) is 5.75 Å². The number of benzene rings is 1. The Hall–Kier alpha value is -1.77. The van der Waals surface area contributed by atoms with Crippen LogP contribution < -0.4 is 4.74 Å². The monoisotopic (exact) mass is 288 g/mol. The molecule has 2 rings (SSSR count).